The fourth-order valence-corrected chi connectivity index (χ4v) is 2.52. The largest absolute Gasteiger partial charge is 0.373 e. The third-order valence-electron chi connectivity index (χ3n) is 3.71. The molecule has 0 spiro atoms. The summed E-state index contributed by atoms with van der Waals surface area (Å²) < 4.78 is 5.48. The number of benzene rings is 1. The first-order valence-electron chi connectivity index (χ1n) is 7.02. The van der Waals surface area contributed by atoms with Crippen LogP contribution in [0, 0.1) is 16.0 Å². The fraction of sp³-hybridized carbons (Fsp3) is 0.533. The van der Waals surface area contributed by atoms with Crippen LogP contribution in [0.1, 0.15) is 42.5 Å². The Balaban J connectivity index is 1.77. The van der Waals surface area contributed by atoms with E-state index in [4.69, 9.17) is 4.74 Å². The number of ether oxygens (including phenoxy) is 1. The van der Waals surface area contributed by atoms with E-state index < -0.39 is 4.92 Å². The van der Waals surface area contributed by atoms with Crippen LogP contribution in [0.3, 0.4) is 0 Å². The minimum absolute atomic E-state index is 0.00956. The van der Waals surface area contributed by atoms with E-state index in [1.165, 1.54) is 56.4 Å². The number of ketones is 1. The molecule has 1 aromatic carbocycles. The van der Waals surface area contributed by atoms with Crippen LogP contribution in [-0.4, -0.2) is 23.9 Å². The van der Waals surface area contributed by atoms with Gasteiger partial charge in [0.05, 0.1) is 11.5 Å². The molecule has 0 atom stereocenters. The van der Waals surface area contributed by atoms with Crippen LogP contribution in [-0.2, 0) is 4.74 Å². The molecule has 1 fully saturated rings. The van der Waals surface area contributed by atoms with E-state index in [0.29, 0.717) is 18.1 Å². The van der Waals surface area contributed by atoms with Gasteiger partial charge in [-0.15, -0.1) is 0 Å². The molecule has 0 N–H and O–H groups in total. The zero-order valence-corrected chi connectivity index (χ0v) is 11.4. The maximum absolute atomic E-state index is 11.9. The van der Waals surface area contributed by atoms with E-state index in [0.717, 1.165) is 0 Å². The van der Waals surface area contributed by atoms with Crippen LogP contribution in [0.15, 0.2) is 24.3 Å². The van der Waals surface area contributed by atoms with Crippen LogP contribution < -0.4 is 0 Å². The van der Waals surface area contributed by atoms with E-state index >= 15 is 0 Å². The lowest BCUT2D eigenvalue weighted by molar-refractivity contribution is -0.384. The average Bonchev–Trinajstić information content (AvgIpc) is 2.48. The summed E-state index contributed by atoms with van der Waals surface area (Å²) in [5.41, 5.74) is 0.448. The standard InChI is InChI=1S/C15H19NO4/c17-15(11-20-10-12-4-2-1-3-5-12)13-6-8-14(9-7-13)16(18)19/h6-9,12H,1-5,10-11H2. The molecule has 1 saturated carbocycles. The number of non-ortho nitro benzene ring substituents is 1. The normalized spacial score (nSPS) is 16.0. The molecule has 0 radical (unpaired) electrons. The first kappa shape index (κ1) is 14.7. The van der Waals surface area contributed by atoms with Gasteiger partial charge in [0.25, 0.3) is 5.69 Å². The van der Waals surface area contributed by atoms with Gasteiger partial charge in [-0.05, 0) is 30.9 Å². The molecule has 1 aliphatic rings. The smallest absolute Gasteiger partial charge is 0.269 e. The molecule has 2 rings (SSSR count). The number of nitrogens with zero attached hydrogens (tertiary/aromatic N) is 1. The molecule has 0 aliphatic heterocycles. The molecule has 0 unspecified atom stereocenters. The van der Waals surface area contributed by atoms with E-state index in [1.54, 1.807) is 0 Å². The van der Waals surface area contributed by atoms with Gasteiger partial charge < -0.3 is 4.74 Å². The first-order chi connectivity index (χ1) is 9.66. The van der Waals surface area contributed by atoms with Crippen molar-refractivity contribution in [2.24, 2.45) is 5.92 Å². The number of nitro groups is 1. The zero-order chi connectivity index (χ0) is 14.4. The van der Waals surface area contributed by atoms with Crippen LogP contribution in [0.4, 0.5) is 5.69 Å². The number of Topliss-reactive ketones (excluding diaryl/α,β-unsaturated/α-hetero) is 1. The highest BCUT2D eigenvalue weighted by molar-refractivity contribution is 5.97. The van der Waals surface area contributed by atoms with Crippen molar-refractivity contribution in [3.63, 3.8) is 0 Å². The zero-order valence-electron chi connectivity index (χ0n) is 11.4. The van der Waals surface area contributed by atoms with Gasteiger partial charge in [-0.3, -0.25) is 14.9 Å². The monoisotopic (exact) mass is 277 g/mol. The lowest BCUT2D eigenvalue weighted by atomic mass is 9.90. The quantitative estimate of drug-likeness (QED) is 0.454. The maximum Gasteiger partial charge on any atom is 0.269 e. The predicted octanol–water partition coefficient (Wildman–Crippen LogP) is 3.37. The van der Waals surface area contributed by atoms with Gasteiger partial charge in [0.2, 0.25) is 0 Å². The number of nitro benzene ring substituents is 1. The van der Waals surface area contributed by atoms with Crippen LogP contribution >= 0.6 is 0 Å². The SMILES string of the molecule is O=C(COCC1CCCCC1)c1ccc([N+](=O)[O-])cc1. The molecular formula is C15H19NO4. The van der Waals surface area contributed by atoms with Crippen molar-refractivity contribution in [2.45, 2.75) is 32.1 Å². The van der Waals surface area contributed by atoms with Crippen molar-refractivity contribution in [3.8, 4) is 0 Å². The Labute approximate surface area is 118 Å². The Morgan fingerprint density at radius 2 is 1.85 bits per heavy atom. The Hall–Kier alpha value is -1.75. The fourth-order valence-electron chi connectivity index (χ4n) is 2.52. The second kappa shape index (κ2) is 7.14. The van der Waals surface area contributed by atoms with Crippen LogP contribution in [0.25, 0.3) is 0 Å². The summed E-state index contributed by atoms with van der Waals surface area (Å²) in [6.07, 6.45) is 6.18. The van der Waals surface area contributed by atoms with Crippen molar-refractivity contribution >= 4 is 11.5 Å². The van der Waals surface area contributed by atoms with Crippen molar-refractivity contribution in [1.29, 1.82) is 0 Å². The van der Waals surface area contributed by atoms with Crippen molar-refractivity contribution < 1.29 is 14.5 Å². The minimum atomic E-state index is -0.478. The molecule has 5 heteroatoms. The van der Waals surface area contributed by atoms with E-state index in [9.17, 15) is 14.9 Å². The molecule has 108 valence electrons. The third kappa shape index (κ3) is 4.13. The van der Waals surface area contributed by atoms with Crippen molar-refractivity contribution in [2.75, 3.05) is 13.2 Å². The molecule has 0 heterocycles. The Bertz CT molecular complexity index is 463. The average molecular weight is 277 g/mol. The predicted molar refractivity (Wildman–Crippen MR) is 74.8 cm³/mol. The number of hydrogen-bond acceptors (Lipinski definition) is 4. The summed E-state index contributed by atoms with van der Waals surface area (Å²) in [6, 6.07) is 5.64. The van der Waals surface area contributed by atoms with Crippen LogP contribution in [0.2, 0.25) is 0 Å². The summed E-state index contributed by atoms with van der Waals surface area (Å²) in [7, 11) is 0. The lowest BCUT2D eigenvalue weighted by Gasteiger charge is -2.21. The van der Waals surface area contributed by atoms with E-state index in [1.807, 2.05) is 0 Å². The molecule has 0 saturated heterocycles. The highest BCUT2D eigenvalue weighted by Crippen LogP contribution is 2.23. The second-order valence-electron chi connectivity index (χ2n) is 5.25. The molecule has 0 aromatic heterocycles. The van der Waals surface area contributed by atoms with Gasteiger partial charge in [-0.2, -0.15) is 0 Å². The summed E-state index contributed by atoms with van der Waals surface area (Å²) in [5.74, 6) is 0.448. The lowest BCUT2D eigenvalue weighted by Crippen LogP contribution is -2.17. The molecule has 0 amide bonds. The molecule has 20 heavy (non-hydrogen) atoms. The van der Waals surface area contributed by atoms with Gasteiger partial charge in [-0.1, -0.05) is 19.3 Å². The molecule has 5 nitrogen and oxygen atoms in total. The topological polar surface area (TPSA) is 69.4 Å². The summed E-state index contributed by atoms with van der Waals surface area (Å²) in [5, 5.41) is 10.5. The number of hydrogen-bond donors (Lipinski definition) is 0. The Kier molecular flexibility index (Phi) is 5.24. The molecule has 1 aromatic rings. The van der Waals surface area contributed by atoms with Gasteiger partial charge in [0.15, 0.2) is 5.78 Å². The number of carbonyl (C=O) groups is 1. The van der Waals surface area contributed by atoms with Crippen molar-refractivity contribution in [3.05, 3.63) is 39.9 Å². The number of carbonyl (C=O) groups excluding carboxylic acids is 1. The summed E-state index contributed by atoms with van der Waals surface area (Å²) >= 11 is 0. The maximum atomic E-state index is 11.9. The van der Waals surface area contributed by atoms with Gasteiger partial charge >= 0.3 is 0 Å². The summed E-state index contributed by atoms with van der Waals surface area (Å²) in [4.78, 5) is 21.9. The van der Waals surface area contributed by atoms with Crippen LogP contribution in [0.5, 0.6) is 0 Å². The van der Waals surface area contributed by atoms with Crippen molar-refractivity contribution in [1.82, 2.24) is 0 Å². The first-order valence-corrected chi connectivity index (χ1v) is 7.02. The Morgan fingerprint density at radius 3 is 2.45 bits per heavy atom. The van der Waals surface area contributed by atoms with E-state index in [2.05, 4.69) is 0 Å². The highest BCUT2D eigenvalue weighted by atomic mass is 16.6. The molecule has 0 bridgehead atoms. The number of rotatable bonds is 6. The van der Waals surface area contributed by atoms with Gasteiger partial charge in [0, 0.05) is 17.7 Å². The summed E-state index contributed by atoms with van der Waals surface area (Å²) in [6.45, 7) is 0.688. The van der Waals surface area contributed by atoms with Gasteiger partial charge in [-0.25, -0.2) is 0 Å². The third-order valence-corrected chi connectivity index (χ3v) is 3.71. The highest BCUT2D eigenvalue weighted by Gasteiger charge is 2.15. The second-order valence-corrected chi connectivity index (χ2v) is 5.25. The van der Waals surface area contributed by atoms with E-state index in [-0.39, 0.29) is 18.1 Å². The van der Waals surface area contributed by atoms with Gasteiger partial charge in [0.1, 0.15) is 6.61 Å². The molecular weight excluding hydrogens is 258 g/mol. The minimum Gasteiger partial charge on any atom is -0.373 e. The molecule has 1 aliphatic carbocycles. The Morgan fingerprint density at radius 1 is 1.20 bits per heavy atom.